The van der Waals surface area contributed by atoms with Crippen LogP contribution < -0.4 is 0 Å². The van der Waals surface area contributed by atoms with E-state index in [-0.39, 0.29) is 0 Å². The lowest BCUT2D eigenvalue weighted by Crippen LogP contribution is -2.09. The summed E-state index contributed by atoms with van der Waals surface area (Å²) < 4.78 is 9.48. The van der Waals surface area contributed by atoms with Crippen LogP contribution in [0.15, 0.2) is 267 Å². The molecule has 18 rings (SSSR count). The van der Waals surface area contributed by atoms with Gasteiger partial charge in [0, 0.05) is 60.0 Å². The molecular formula is C74H44N6. The largest absolute Gasteiger partial charge is 0.309 e. The molecule has 17 aromatic rings. The Bertz CT molecular complexity index is 5480. The minimum atomic E-state index is 0.621. The second-order valence-corrected chi connectivity index (χ2v) is 21.3. The molecule has 0 amide bonds. The second kappa shape index (κ2) is 16.4. The average molecular weight is 1020 g/mol. The highest BCUT2D eigenvalue weighted by Crippen LogP contribution is 2.51. The zero-order valence-corrected chi connectivity index (χ0v) is 43.1. The lowest BCUT2D eigenvalue weighted by atomic mass is 10.0. The molecule has 6 heteroatoms. The van der Waals surface area contributed by atoms with Crippen LogP contribution >= 0.6 is 0 Å². The lowest BCUT2D eigenvalue weighted by Gasteiger charge is -2.16. The molecule has 0 unspecified atom stereocenters. The third-order valence-corrected chi connectivity index (χ3v) is 17.1. The van der Waals surface area contributed by atoms with E-state index < -0.39 is 0 Å². The molecule has 0 saturated heterocycles. The summed E-state index contributed by atoms with van der Waals surface area (Å²) in [6.45, 7) is 0. The van der Waals surface area contributed by atoms with Gasteiger partial charge in [-0.25, -0.2) is 4.98 Å². The monoisotopic (exact) mass is 1020 g/mol. The van der Waals surface area contributed by atoms with Crippen molar-refractivity contribution in [2.45, 2.75) is 0 Å². The van der Waals surface area contributed by atoms with Gasteiger partial charge in [-0.05, 0) is 124 Å². The van der Waals surface area contributed by atoms with Crippen molar-refractivity contribution in [2.75, 3.05) is 0 Å². The van der Waals surface area contributed by atoms with Crippen LogP contribution in [-0.4, -0.2) is 28.2 Å². The Morgan fingerprint density at radius 3 is 1.19 bits per heavy atom. The maximum atomic E-state index is 5.93. The van der Waals surface area contributed by atoms with E-state index in [4.69, 9.17) is 9.97 Å². The second-order valence-electron chi connectivity index (χ2n) is 21.3. The van der Waals surface area contributed by atoms with E-state index in [1.54, 1.807) is 0 Å². The van der Waals surface area contributed by atoms with Crippen molar-refractivity contribution in [1.29, 1.82) is 0 Å². The van der Waals surface area contributed by atoms with Gasteiger partial charge in [-0.1, -0.05) is 182 Å². The van der Waals surface area contributed by atoms with Gasteiger partial charge in [0.05, 0.1) is 55.4 Å². The molecule has 12 aromatic carbocycles. The number of fused-ring (bicyclic) bond motifs is 15. The summed E-state index contributed by atoms with van der Waals surface area (Å²) in [7, 11) is 0. The standard InChI is InChI=1S/C74H44N6/c1-3-19-50(20-4-1)77-62-29-11-9-25-54(62)60-41-46(35-39-66(60)77)48-33-37-56-52-23-7-13-31-64(52)79(68(56)43-48)73-71-58-27-15-17-45-18-16-28-59(70(45)58)72(71)75-74(76-73)80-65-32-14-8-24-53(65)57-38-34-49(44-69(57)80)47-36-40-67-61(42-47)55-26-10-12-30-63(55)78(67)51-21-5-2-6-22-51/h1-44H. The van der Waals surface area contributed by atoms with Crippen molar-refractivity contribution in [3.05, 3.63) is 267 Å². The highest BCUT2D eigenvalue weighted by molar-refractivity contribution is 6.19. The Morgan fingerprint density at radius 2 is 0.650 bits per heavy atom. The predicted molar refractivity (Wildman–Crippen MR) is 332 cm³/mol. The maximum Gasteiger partial charge on any atom is 0.237 e. The molecule has 5 heterocycles. The summed E-state index contributed by atoms with van der Waals surface area (Å²) in [6, 6.07) is 97.4. The first-order valence-electron chi connectivity index (χ1n) is 27.4. The molecule has 0 atom stereocenters. The van der Waals surface area contributed by atoms with Gasteiger partial charge in [-0.3, -0.25) is 9.13 Å². The third kappa shape index (κ3) is 6.01. The van der Waals surface area contributed by atoms with Gasteiger partial charge in [0.25, 0.3) is 0 Å². The minimum absolute atomic E-state index is 0.621. The van der Waals surface area contributed by atoms with Crippen molar-refractivity contribution in [1.82, 2.24) is 28.2 Å². The van der Waals surface area contributed by atoms with Crippen molar-refractivity contribution < 1.29 is 0 Å². The Hall–Kier alpha value is -10.8. The first-order valence-corrected chi connectivity index (χ1v) is 27.4. The van der Waals surface area contributed by atoms with Crippen molar-refractivity contribution in [2.24, 2.45) is 0 Å². The van der Waals surface area contributed by atoms with Crippen LogP contribution in [0.2, 0.25) is 0 Å². The summed E-state index contributed by atoms with van der Waals surface area (Å²) in [5, 5.41) is 11.9. The van der Waals surface area contributed by atoms with Crippen molar-refractivity contribution in [3.8, 4) is 67.8 Å². The third-order valence-electron chi connectivity index (χ3n) is 17.1. The Morgan fingerprint density at radius 1 is 0.250 bits per heavy atom. The van der Waals surface area contributed by atoms with E-state index in [1.165, 1.54) is 65.2 Å². The molecular weight excluding hydrogens is 973 g/mol. The fourth-order valence-electron chi connectivity index (χ4n) is 13.6. The van der Waals surface area contributed by atoms with E-state index >= 15 is 0 Å². The zero-order valence-electron chi connectivity index (χ0n) is 43.1. The van der Waals surface area contributed by atoms with Crippen LogP contribution in [0.3, 0.4) is 0 Å². The van der Waals surface area contributed by atoms with Crippen LogP contribution in [0.1, 0.15) is 0 Å². The summed E-state index contributed by atoms with van der Waals surface area (Å²) in [4.78, 5) is 11.7. The normalized spacial score (nSPS) is 12.2. The molecule has 0 spiro atoms. The number of rotatable bonds is 6. The number of para-hydroxylation sites is 6. The molecule has 80 heavy (non-hydrogen) atoms. The fraction of sp³-hybridized carbons (Fsp3) is 0. The quantitative estimate of drug-likeness (QED) is 0.167. The van der Waals surface area contributed by atoms with Crippen molar-refractivity contribution >= 4 is 98.0 Å². The topological polar surface area (TPSA) is 45.5 Å². The number of hydrogen-bond donors (Lipinski definition) is 0. The van der Waals surface area contributed by atoms with Gasteiger partial charge in [-0.15, -0.1) is 0 Å². The first-order chi connectivity index (χ1) is 39.7. The van der Waals surface area contributed by atoms with E-state index in [1.807, 2.05) is 0 Å². The smallest absolute Gasteiger partial charge is 0.237 e. The van der Waals surface area contributed by atoms with E-state index in [9.17, 15) is 0 Å². The van der Waals surface area contributed by atoms with Crippen molar-refractivity contribution in [3.63, 3.8) is 0 Å². The highest BCUT2D eigenvalue weighted by Gasteiger charge is 2.31. The van der Waals surface area contributed by atoms with Gasteiger partial charge in [0.1, 0.15) is 0 Å². The molecule has 1 aliphatic carbocycles. The van der Waals surface area contributed by atoms with Crippen LogP contribution in [0, 0.1) is 0 Å². The van der Waals surface area contributed by atoms with Crippen LogP contribution in [-0.2, 0) is 0 Å². The Kier molecular flexibility index (Phi) is 8.85. The molecule has 0 N–H and O–H groups in total. The zero-order chi connectivity index (χ0) is 52.2. The molecule has 6 nitrogen and oxygen atoms in total. The average Bonchev–Trinajstić information content (AvgIpc) is 4.43. The Balaban J connectivity index is 0.878. The highest BCUT2D eigenvalue weighted by atomic mass is 15.2. The van der Waals surface area contributed by atoms with Gasteiger partial charge in [0.15, 0.2) is 5.82 Å². The number of hydrogen-bond acceptors (Lipinski definition) is 2. The summed E-state index contributed by atoms with van der Waals surface area (Å²) >= 11 is 0. The fourth-order valence-corrected chi connectivity index (χ4v) is 13.6. The first kappa shape index (κ1) is 43.3. The molecule has 0 fully saturated rings. The van der Waals surface area contributed by atoms with Gasteiger partial charge in [0.2, 0.25) is 5.95 Å². The summed E-state index contributed by atoms with van der Waals surface area (Å²) in [5.41, 5.74) is 20.1. The summed E-state index contributed by atoms with van der Waals surface area (Å²) in [6.07, 6.45) is 0. The van der Waals surface area contributed by atoms with E-state index in [0.717, 1.165) is 94.7 Å². The molecule has 0 radical (unpaired) electrons. The van der Waals surface area contributed by atoms with Crippen LogP contribution in [0.25, 0.3) is 166 Å². The number of nitrogens with zero attached hydrogens (tertiary/aromatic N) is 6. The maximum absolute atomic E-state index is 5.93. The van der Waals surface area contributed by atoms with Crippen LogP contribution in [0.4, 0.5) is 0 Å². The van der Waals surface area contributed by atoms with E-state index in [0.29, 0.717) is 5.95 Å². The number of aromatic nitrogens is 6. The van der Waals surface area contributed by atoms with Crippen LogP contribution in [0.5, 0.6) is 0 Å². The van der Waals surface area contributed by atoms with E-state index in [2.05, 4.69) is 285 Å². The molecule has 370 valence electrons. The van der Waals surface area contributed by atoms with Gasteiger partial charge >= 0.3 is 0 Å². The molecule has 0 aliphatic heterocycles. The molecule has 0 bridgehead atoms. The predicted octanol–water partition coefficient (Wildman–Crippen LogP) is 19.0. The van der Waals surface area contributed by atoms with Gasteiger partial charge in [-0.2, -0.15) is 4.98 Å². The number of benzene rings is 12. The molecule has 5 aromatic heterocycles. The SMILES string of the molecule is c1ccc(-n2c3ccccc3c3cc(-c4ccc5c6ccccc6n(-c6nc7c(c(-n8c9ccccc9c9ccc(-c%10ccc%11c(c%10)c%10ccccc%10n%11-c%10ccccc%10)cc98)n6)-c6cccc8cccc-7c68)c5c4)ccc32)cc1. The Labute approximate surface area is 458 Å². The molecule has 0 saturated carbocycles. The minimum Gasteiger partial charge on any atom is -0.309 e. The lowest BCUT2D eigenvalue weighted by molar-refractivity contribution is 0.957. The molecule has 1 aliphatic rings. The summed E-state index contributed by atoms with van der Waals surface area (Å²) in [5.74, 6) is 1.47. The van der Waals surface area contributed by atoms with Gasteiger partial charge < -0.3 is 9.13 Å².